The number of halogens is 2. The smallest absolute Gasteiger partial charge is 0.341 e. The van der Waals surface area contributed by atoms with Crippen molar-refractivity contribution in [1.29, 1.82) is 0 Å². The summed E-state index contributed by atoms with van der Waals surface area (Å²) in [4.78, 5) is 13.3. The molecule has 1 aromatic carbocycles. The number of esters is 1. The summed E-state index contributed by atoms with van der Waals surface area (Å²) in [5, 5.41) is 0. The van der Waals surface area contributed by atoms with Gasteiger partial charge in [-0.1, -0.05) is 6.92 Å². The first-order valence-electron chi connectivity index (χ1n) is 6.44. The lowest BCUT2D eigenvalue weighted by Gasteiger charge is -2.19. The van der Waals surface area contributed by atoms with Crippen LogP contribution in [0.1, 0.15) is 30.6 Å². The normalized spacial score (nSPS) is 18.7. The van der Waals surface area contributed by atoms with Gasteiger partial charge in [-0.05, 0) is 31.4 Å². The molecule has 1 aliphatic rings. The summed E-state index contributed by atoms with van der Waals surface area (Å²) in [6.07, 6.45) is 0.959. The van der Waals surface area contributed by atoms with Crippen LogP contribution in [0, 0.1) is 17.6 Å². The molecule has 3 nitrogen and oxygen atoms in total. The van der Waals surface area contributed by atoms with Gasteiger partial charge in [0.05, 0.1) is 17.9 Å². The average molecular weight is 269 g/mol. The molecule has 0 saturated carbocycles. The Hall–Kier alpha value is -1.65. The summed E-state index contributed by atoms with van der Waals surface area (Å²) >= 11 is 0. The van der Waals surface area contributed by atoms with Gasteiger partial charge in [0.2, 0.25) is 0 Å². The van der Waals surface area contributed by atoms with Crippen LogP contribution in [0.2, 0.25) is 0 Å². The molecular formula is C14H17F2NO2. The van der Waals surface area contributed by atoms with Crippen LogP contribution in [-0.4, -0.2) is 25.7 Å². The second-order valence-electron chi connectivity index (χ2n) is 4.82. The van der Waals surface area contributed by atoms with Gasteiger partial charge in [-0.15, -0.1) is 0 Å². The van der Waals surface area contributed by atoms with E-state index in [4.69, 9.17) is 0 Å². The standard InChI is InChI=1S/C14H17F2NO2/c1-3-19-14(18)10-4-5-11(13(16)12(10)15)17-7-6-9(2)8-17/h4-5,9H,3,6-8H2,1-2H3. The number of hydrogen-bond acceptors (Lipinski definition) is 3. The SMILES string of the molecule is CCOC(=O)c1ccc(N2CCC(C)C2)c(F)c1F. The highest BCUT2D eigenvalue weighted by atomic mass is 19.2. The van der Waals surface area contributed by atoms with Crippen molar-refractivity contribution in [2.45, 2.75) is 20.3 Å². The molecule has 1 atom stereocenters. The van der Waals surface area contributed by atoms with Crippen molar-refractivity contribution >= 4 is 11.7 Å². The molecule has 0 aromatic heterocycles. The molecule has 0 bridgehead atoms. The number of rotatable bonds is 3. The molecular weight excluding hydrogens is 252 g/mol. The van der Waals surface area contributed by atoms with Crippen LogP contribution in [0.5, 0.6) is 0 Å². The molecule has 0 radical (unpaired) electrons. The Morgan fingerprint density at radius 3 is 2.74 bits per heavy atom. The molecule has 1 saturated heterocycles. The van der Waals surface area contributed by atoms with Gasteiger partial charge in [-0.3, -0.25) is 0 Å². The van der Waals surface area contributed by atoms with E-state index in [9.17, 15) is 13.6 Å². The van der Waals surface area contributed by atoms with Crippen molar-refractivity contribution in [1.82, 2.24) is 0 Å². The number of hydrogen-bond donors (Lipinski definition) is 0. The monoisotopic (exact) mass is 269 g/mol. The summed E-state index contributed by atoms with van der Waals surface area (Å²) in [6, 6.07) is 2.73. The van der Waals surface area contributed by atoms with Crippen molar-refractivity contribution in [2.75, 3.05) is 24.6 Å². The third-order valence-electron chi connectivity index (χ3n) is 3.32. The molecule has 1 fully saturated rings. The first-order valence-corrected chi connectivity index (χ1v) is 6.44. The summed E-state index contributed by atoms with van der Waals surface area (Å²) in [5.41, 5.74) is -0.134. The molecule has 0 amide bonds. The number of anilines is 1. The molecule has 19 heavy (non-hydrogen) atoms. The molecule has 1 heterocycles. The molecule has 1 aliphatic heterocycles. The maximum atomic E-state index is 14.0. The second-order valence-corrected chi connectivity index (χ2v) is 4.82. The zero-order valence-electron chi connectivity index (χ0n) is 11.1. The van der Waals surface area contributed by atoms with Crippen molar-refractivity contribution < 1.29 is 18.3 Å². The Balaban J connectivity index is 2.29. The third kappa shape index (κ3) is 2.69. The summed E-state index contributed by atoms with van der Waals surface area (Å²) in [7, 11) is 0. The maximum absolute atomic E-state index is 14.0. The summed E-state index contributed by atoms with van der Waals surface area (Å²) in [6.45, 7) is 5.23. The highest BCUT2D eigenvalue weighted by Crippen LogP contribution is 2.29. The highest BCUT2D eigenvalue weighted by molar-refractivity contribution is 5.90. The van der Waals surface area contributed by atoms with Crippen LogP contribution in [0.15, 0.2) is 12.1 Å². The molecule has 1 aromatic rings. The van der Waals surface area contributed by atoms with E-state index in [0.717, 1.165) is 6.42 Å². The second kappa shape index (κ2) is 5.55. The first-order chi connectivity index (χ1) is 9.04. The van der Waals surface area contributed by atoms with Crippen molar-refractivity contribution in [3.63, 3.8) is 0 Å². The summed E-state index contributed by atoms with van der Waals surface area (Å²) < 4.78 is 32.6. The fraction of sp³-hybridized carbons (Fsp3) is 0.500. The Bertz CT molecular complexity index is 491. The first kappa shape index (κ1) is 13.8. The van der Waals surface area contributed by atoms with Gasteiger partial charge in [0.25, 0.3) is 0 Å². The average Bonchev–Trinajstić information content (AvgIpc) is 2.79. The number of nitrogens with zero attached hydrogens (tertiary/aromatic N) is 1. The van der Waals surface area contributed by atoms with Crippen LogP contribution in [0.25, 0.3) is 0 Å². The minimum Gasteiger partial charge on any atom is -0.462 e. The molecule has 5 heteroatoms. The predicted molar refractivity (Wildman–Crippen MR) is 68.3 cm³/mol. The predicted octanol–water partition coefficient (Wildman–Crippen LogP) is 2.99. The van der Waals surface area contributed by atoms with Gasteiger partial charge in [0.15, 0.2) is 11.6 Å². The fourth-order valence-electron chi connectivity index (χ4n) is 2.30. The number of carbonyl (C=O) groups is 1. The van der Waals surface area contributed by atoms with E-state index in [-0.39, 0.29) is 17.9 Å². The Labute approximate surface area is 111 Å². The van der Waals surface area contributed by atoms with E-state index in [1.807, 2.05) is 0 Å². The zero-order valence-corrected chi connectivity index (χ0v) is 11.1. The van der Waals surface area contributed by atoms with Crippen LogP contribution >= 0.6 is 0 Å². The van der Waals surface area contributed by atoms with Gasteiger partial charge in [-0.2, -0.15) is 0 Å². The van der Waals surface area contributed by atoms with Gasteiger partial charge in [0.1, 0.15) is 0 Å². The van der Waals surface area contributed by atoms with Crippen molar-refractivity contribution in [3.8, 4) is 0 Å². The lowest BCUT2D eigenvalue weighted by Crippen LogP contribution is -2.21. The quantitative estimate of drug-likeness (QED) is 0.790. The maximum Gasteiger partial charge on any atom is 0.341 e. The molecule has 2 rings (SSSR count). The third-order valence-corrected chi connectivity index (χ3v) is 3.32. The van der Waals surface area contributed by atoms with E-state index in [1.54, 1.807) is 11.8 Å². The fourth-order valence-corrected chi connectivity index (χ4v) is 2.30. The Morgan fingerprint density at radius 1 is 1.42 bits per heavy atom. The van der Waals surface area contributed by atoms with Gasteiger partial charge < -0.3 is 9.64 Å². The van der Waals surface area contributed by atoms with Crippen LogP contribution in [-0.2, 0) is 4.74 Å². The van der Waals surface area contributed by atoms with E-state index in [0.29, 0.717) is 19.0 Å². The highest BCUT2D eigenvalue weighted by Gasteiger charge is 2.25. The number of carbonyl (C=O) groups excluding carboxylic acids is 1. The van der Waals surface area contributed by atoms with E-state index >= 15 is 0 Å². The lowest BCUT2D eigenvalue weighted by atomic mass is 10.1. The van der Waals surface area contributed by atoms with Crippen molar-refractivity contribution in [3.05, 3.63) is 29.3 Å². The largest absolute Gasteiger partial charge is 0.462 e. The minimum absolute atomic E-state index is 0.130. The molecule has 0 aliphatic carbocycles. The van der Waals surface area contributed by atoms with Gasteiger partial charge in [-0.25, -0.2) is 13.6 Å². The minimum atomic E-state index is -1.13. The lowest BCUT2D eigenvalue weighted by molar-refractivity contribution is 0.0520. The number of ether oxygens (including phenoxy) is 1. The Morgan fingerprint density at radius 2 is 2.16 bits per heavy atom. The van der Waals surface area contributed by atoms with Gasteiger partial charge >= 0.3 is 5.97 Å². The van der Waals surface area contributed by atoms with Crippen LogP contribution < -0.4 is 4.90 Å². The van der Waals surface area contributed by atoms with E-state index in [1.165, 1.54) is 12.1 Å². The zero-order chi connectivity index (χ0) is 14.0. The van der Waals surface area contributed by atoms with E-state index < -0.39 is 17.6 Å². The molecule has 0 spiro atoms. The topological polar surface area (TPSA) is 29.5 Å². The molecule has 104 valence electrons. The summed E-state index contributed by atoms with van der Waals surface area (Å²) in [5.74, 6) is -2.47. The van der Waals surface area contributed by atoms with Crippen LogP contribution in [0.4, 0.5) is 14.5 Å². The van der Waals surface area contributed by atoms with Gasteiger partial charge in [0, 0.05) is 13.1 Å². The molecule has 1 unspecified atom stereocenters. The van der Waals surface area contributed by atoms with Crippen molar-refractivity contribution in [2.24, 2.45) is 5.92 Å². The molecule has 0 N–H and O–H groups in total. The Kier molecular flexibility index (Phi) is 4.02. The van der Waals surface area contributed by atoms with E-state index in [2.05, 4.69) is 11.7 Å². The number of benzene rings is 1. The van der Waals surface area contributed by atoms with Crippen LogP contribution in [0.3, 0.4) is 0 Å².